The summed E-state index contributed by atoms with van der Waals surface area (Å²) in [6.07, 6.45) is 0. The number of rotatable bonds is 2. The van der Waals surface area contributed by atoms with Gasteiger partial charge < -0.3 is 5.32 Å². The van der Waals surface area contributed by atoms with Crippen LogP contribution in [0, 0.1) is 5.82 Å². The summed E-state index contributed by atoms with van der Waals surface area (Å²) in [7, 11) is 0. The Labute approximate surface area is 126 Å². The first-order valence-corrected chi connectivity index (χ1v) is 6.77. The highest BCUT2D eigenvalue weighted by atomic mass is 35.5. The van der Waals surface area contributed by atoms with Crippen molar-refractivity contribution in [2.75, 3.05) is 5.32 Å². The molecule has 0 bridgehead atoms. The van der Waals surface area contributed by atoms with Gasteiger partial charge in [0.15, 0.2) is 0 Å². The Morgan fingerprint density at radius 1 is 0.952 bits per heavy atom. The summed E-state index contributed by atoms with van der Waals surface area (Å²) < 4.78 is 13.8. The highest BCUT2D eigenvalue weighted by Gasteiger charge is 2.12. The molecule has 2 nitrogen and oxygen atoms in total. The number of nitrogens with one attached hydrogen (secondary N) is 1. The van der Waals surface area contributed by atoms with Crippen LogP contribution in [0.1, 0.15) is 10.4 Å². The molecular formula is C17H11ClFNO. The van der Waals surface area contributed by atoms with Crippen molar-refractivity contribution < 1.29 is 9.18 Å². The van der Waals surface area contributed by atoms with Crippen LogP contribution in [0.4, 0.5) is 10.1 Å². The van der Waals surface area contributed by atoms with Gasteiger partial charge in [0.05, 0.1) is 0 Å². The minimum absolute atomic E-state index is 0.298. The fourth-order valence-corrected chi connectivity index (χ4v) is 2.42. The third-order valence-corrected chi connectivity index (χ3v) is 3.43. The van der Waals surface area contributed by atoms with Crippen LogP contribution in [0.3, 0.4) is 0 Å². The van der Waals surface area contributed by atoms with E-state index in [2.05, 4.69) is 5.32 Å². The van der Waals surface area contributed by atoms with Gasteiger partial charge in [-0.2, -0.15) is 0 Å². The number of anilines is 1. The van der Waals surface area contributed by atoms with E-state index in [-0.39, 0.29) is 11.7 Å². The molecule has 0 spiro atoms. The van der Waals surface area contributed by atoms with Crippen molar-refractivity contribution >= 4 is 34.0 Å². The molecule has 0 atom stereocenters. The predicted octanol–water partition coefficient (Wildman–Crippen LogP) is 4.88. The van der Waals surface area contributed by atoms with Crippen LogP contribution in [0.25, 0.3) is 10.8 Å². The molecule has 21 heavy (non-hydrogen) atoms. The van der Waals surface area contributed by atoms with Crippen LogP contribution >= 0.6 is 11.6 Å². The van der Waals surface area contributed by atoms with Gasteiger partial charge in [0, 0.05) is 21.7 Å². The highest BCUT2D eigenvalue weighted by molar-refractivity contribution is 6.31. The molecule has 0 aromatic heterocycles. The number of hydrogen-bond acceptors (Lipinski definition) is 1. The van der Waals surface area contributed by atoms with Crippen molar-refractivity contribution in [3.05, 3.63) is 77.1 Å². The van der Waals surface area contributed by atoms with Crippen molar-refractivity contribution in [2.45, 2.75) is 0 Å². The van der Waals surface area contributed by atoms with Crippen LogP contribution in [-0.2, 0) is 0 Å². The smallest absolute Gasteiger partial charge is 0.256 e. The highest BCUT2D eigenvalue weighted by Crippen LogP contribution is 2.23. The van der Waals surface area contributed by atoms with E-state index in [4.69, 9.17) is 11.6 Å². The quantitative estimate of drug-likeness (QED) is 0.717. The minimum Gasteiger partial charge on any atom is -0.322 e. The molecule has 1 amide bonds. The topological polar surface area (TPSA) is 29.1 Å². The maximum atomic E-state index is 13.8. The summed E-state index contributed by atoms with van der Waals surface area (Å²) in [5.41, 5.74) is 1.02. The largest absolute Gasteiger partial charge is 0.322 e. The van der Waals surface area contributed by atoms with Crippen LogP contribution in [-0.4, -0.2) is 5.91 Å². The Balaban J connectivity index is 2.01. The second kappa shape index (κ2) is 5.54. The van der Waals surface area contributed by atoms with E-state index in [0.717, 1.165) is 0 Å². The van der Waals surface area contributed by atoms with E-state index in [1.807, 2.05) is 0 Å². The van der Waals surface area contributed by atoms with E-state index >= 15 is 0 Å². The standard InChI is InChI=1S/C17H11ClFNO/c18-11-4-3-5-12(10-11)20-17(21)15-8-9-16(19)14-7-2-1-6-13(14)15/h1-10H,(H,20,21). The SMILES string of the molecule is O=C(Nc1cccc(Cl)c1)c1ccc(F)c2ccccc12. The fourth-order valence-electron chi connectivity index (χ4n) is 2.22. The van der Waals surface area contributed by atoms with E-state index in [1.165, 1.54) is 12.1 Å². The number of amides is 1. The van der Waals surface area contributed by atoms with Gasteiger partial charge in [-0.15, -0.1) is 0 Å². The van der Waals surface area contributed by atoms with E-state index in [9.17, 15) is 9.18 Å². The Morgan fingerprint density at radius 2 is 1.71 bits per heavy atom. The van der Waals surface area contributed by atoms with Crippen LogP contribution in [0.15, 0.2) is 60.7 Å². The monoisotopic (exact) mass is 299 g/mol. The zero-order valence-electron chi connectivity index (χ0n) is 10.9. The average Bonchev–Trinajstić information content (AvgIpc) is 2.48. The van der Waals surface area contributed by atoms with Crippen molar-refractivity contribution in [2.24, 2.45) is 0 Å². The lowest BCUT2D eigenvalue weighted by molar-refractivity contribution is 0.102. The van der Waals surface area contributed by atoms with Gasteiger partial charge >= 0.3 is 0 Å². The summed E-state index contributed by atoms with van der Waals surface area (Å²) in [5.74, 6) is -0.640. The first kappa shape index (κ1) is 13.6. The first-order valence-electron chi connectivity index (χ1n) is 6.39. The van der Waals surface area contributed by atoms with E-state index < -0.39 is 0 Å². The zero-order valence-corrected chi connectivity index (χ0v) is 11.7. The normalized spacial score (nSPS) is 10.6. The predicted molar refractivity (Wildman–Crippen MR) is 83.3 cm³/mol. The second-order valence-corrected chi connectivity index (χ2v) is 5.04. The summed E-state index contributed by atoms with van der Waals surface area (Å²) in [5, 5.41) is 4.31. The fraction of sp³-hybridized carbons (Fsp3) is 0. The number of benzene rings is 3. The van der Waals surface area contributed by atoms with Gasteiger partial charge in [0.25, 0.3) is 5.91 Å². The first-order chi connectivity index (χ1) is 10.1. The molecular weight excluding hydrogens is 289 g/mol. The Kier molecular flexibility index (Phi) is 3.59. The van der Waals surface area contributed by atoms with Gasteiger partial charge in [-0.05, 0) is 35.7 Å². The molecule has 0 unspecified atom stereocenters. The lowest BCUT2D eigenvalue weighted by atomic mass is 10.0. The molecule has 3 aromatic carbocycles. The number of hydrogen-bond donors (Lipinski definition) is 1. The Morgan fingerprint density at radius 3 is 2.48 bits per heavy atom. The van der Waals surface area contributed by atoms with Crippen molar-refractivity contribution in [1.82, 2.24) is 0 Å². The number of carbonyl (C=O) groups is 1. The molecule has 1 N–H and O–H groups in total. The molecule has 3 rings (SSSR count). The molecule has 0 radical (unpaired) electrons. The van der Waals surface area contributed by atoms with Crippen molar-refractivity contribution in [1.29, 1.82) is 0 Å². The van der Waals surface area contributed by atoms with Crippen LogP contribution in [0.5, 0.6) is 0 Å². The molecule has 0 saturated heterocycles. The molecule has 3 aromatic rings. The van der Waals surface area contributed by atoms with Gasteiger partial charge in [0.2, 0.25) is 0 Å². The van der Waals surface area contributed by atoms with Crippen LogP contribution < -0.4 is 5.32 Å². The molecule has 0 aliphatic heterocycles. The molecule has 0 aliphatic carbocycles. The number of halogens is 2. The lowest BCUT2D eigenvalue weighted by Gasteiger charge is -2.09. The van der Waals surface area contributed by atoms with Crippen molar-refractivity contribution in [3.8, 4) is 0 Å². The molecule has 0 fully saturated rings. The molecule has 104 valence electrons. The Bertz CT molecular complexity index is 832. The molecule has 0 aliphatic rings. The maximum absolute atomic E-state index is 13.8. The summed E-state index contributed by atoms with van der Waals surface area (Å²) in [6.45, 7) is 0. The number of carbonyl (C=O) groups excluding carboxylic acids is 1. The summed E-state index contributed by atoms with van der Waals surface area (Å²) in [6, 6.07) is 16.6. The second-order valence-electron chi connectivity index (χ2n) is 4.61. The van der Waals surface area contributed by atoms with Crippen molar-refractivity contribution in [3.63, 3.8) is 0 Å². The third-order valence-electron chi connectivity index (χ3n) is 3.20. The van der Waals surface area contributed by atoms with Crippen LogP contribution in [0.2, 0.25) is 5.02 Å². The zero-order chi connectivity index (χ0) is 14.8. The molecule has 4 heteroatoms. The van der Waals surface area contributed by atoms with Gasteiger partial charge in [-0.3, -0.25) is 4.79 Å². The van der Waals surface area contributed by atoms with Gasteiger partial charge in [-0.25, -0.2) is 4.39 Å². The third kappa shape index (κ3) is 2.73. The number of fused-ring (bicyclic) bond motifs is 1. The van der Waals surface area contributed by atoms with E-state index in [1.54, 1.807) is 48.5 Å². The molecule has 0 heterocycles. The van der Waals surface area contributed by atoms with E-state index in [0.29, 0.717) is 27.0 Å². The minimum atomic E-state index is -0.343. The lowest BCUT2D eigenvalue weighted by Crippen LogP contribution is -2.12. The maximum Gasteiger partial charge on any atom is 0.256 e. The molecule has 0 saturated carbocycles. The Hall–Kier alpha value is -2.39. The summed E-state index contributed by atoms with van der Waals surface area (Å²) >= 11 is 5.89. The van der Waals surface area contributed by atoms with Gasteiger partial charge in [0.1, 0.15) is 5.82 Å². The summed E-state index contributed by atoms with van der Waals surface area (Å²) in [4.78, 5) is 12.4. The average molecular weight is 300 g/mol. The van der Waals surface area contributed by atoms with Gasteiger partial charge in [-0.1, -0.05) is 41.9 Å².